The van der Waals surface area contributed by atoms with E-state index in [1.54, 1.807) is 23.6 Å². The first-order valence-corrected chi connectivity index (χ1v) is 9.90. The summed E-state index contributed by atoms with van der Waals surface area (Å²) in [5.74, 6) is -0.535. The van der Waals surface area contributed by atoms with Crippen LogP contribution in [0.25, 0.3) is 10.6 Å². The number of carbonyl (C=O) groups excluding carboxylic acids is 1. The van der Waals surface area contributed by atoms with Gasteiger partial charge in [-0.2, -0.15) is 0 Å². The summed E-state index contributed by atoms with van der Waals surface area (Å²) in [6.07, 6.45) is 2.07. The molecule has 0 unspecified atom stereocenters. The van der Waals surface area contributed by atoms with Crippen LogP contribution in [0.3, 0.4) is 0 Å². The van der Waals surface area contributed by atoms with Crippen molar-refractivity contribution in [2.45, 2.75) is 19.4 Å². The molecule has 144 valence electrons. The van der Waals surface area contributed by atoms with Gasteiger partial charge in [-0.05, 0) is 43.2 Å². The van der Waals surface area contributed by atoms with Crippen molar-refractivity contribution in [1.82, 2.24) is 9.88 Å². The highest BCUT2D eigenvalue weighted by molar-refractivity contribution is 7.13. The fourth-order valence-corrected chi connectivity index (χ4v) is 3.91. The van der Waals surface area contributed by atoms with E-state index in [1.807, 2.05) is 11.0 Å². The zero-order valence-corrected chi connectivity index (χ0v) is 15.8. The normalized spacial score (nSPS) is 13.7. The molecular weight excluding hydrogens is 382 g/mol. The number of thiazole rings is 1. The molecule has 1 aromatic heterocycles. The minimum atomic E-state index is -0.512. The number of carbonyl (C=O) groups is 1. The number of aromatic nitrogens is 1. The molecule has 3 aromatic rings. The van der Waals surface area contributed by atoms with Gasteiger partial charge in [-0.15, -0.1) is 11.3 Å². The summed E-state index contributed by atoms with van der Waals surface area (Å²) < 4.78 is 32.6. The van der Waals surface area contributed by atoms with Crippen molar-refractivity contribution in [3.8, 4) is 16.3 Å². The molecule has 4 nitrogen and oxygen atoms in total. The van der Waals surface area contributed by atoms with Crippen LogP contribution < -0.4 is 4.74 Å². The van der Waals surface area contributed by atoms with Crippen LogP contribution in [0.15, 0.2) is 47.8 Å². The highest BCUT2D eigenvalue weighted by atomic mass is 32.1. The molecule has 1 fully saturated rings. The Hall–Kier alpha value is -2.80. The maximum absolute atomic E-state index is 13.7. The van der Waals surface area contributed by atoms with Crippen molar-refractivity contribution in [1.29, 1.82) is 0 Å². The third kappa shape index (κ3) is 4.04. The first-order chi connectivity index (χ1) is 13.6. The topological polar surface area (TPSA) is 42.4 Å². The SMILES string of the molecule is O=C(c1csc(-c2cccc(OCc3cc(F)ccc3F)c2)n1)N1CCCC1. The quantitative estimate of drug-likeness (QED) is 0.612. The van der Waals surface area contributed by atoms with Crippen molar-refractivity contribution in [3.63, 3.8) is 0 Å². The van der Waals surface area contributed by atoms with E-state index >= 15 is 0 Å². The Bertz CT molecular complexity index is 1000. The van der Waals surface area contributed by atoms with Crippen molar-refractivity contribution >= 4 is 17.2 Å². The van der Waals surface area contributed by atoms with Crippen LogP contribution in [-0.2, 0) is 6.61 Å². The van der Waals surface area contributed by atoms with E-state index in [-0.39, 0.29) is 18.1 Å². The van der Waals surface area contributed by atoms with E-state index in [1.165, 1.54) is 11.3 Å². The van der Waals surface area contributed by atoms with Crippen LogP contribution in [-0.4, -0.2) is 28.9 Å². The molecule has 28 heavy (non-hydrogen) atoms. The molecule has 4 rings (SSSR count). The molecule has 0 N–H and O–H groups in total. The van der Waals surface area contributed by atoms with E-state index in [2.05, 4.69) is 4.98 Å². The summed E-state index contributed by atoms with van der Waals surface area (Å²) in [5, 5.41) is 2.48. The number of nitrogens with zero attached hydrogens (tertiary/aromatic N) is 2. The van der Waals surface area contributed by atoms with Gasteiger partial charge in [-0.3, -0.25) is 4.79 Å². The Morgan fingerprint density at radius 1 is 1.14 bits per heavy atom. The zero-order valence-electron chi connectivity index (χ0n) is 15.0. The molecule has 2 heterocycles. The maximum atomic E-state index is 13.7. The van der Waals surface area contributed by atoms with E-state index in [0.29, 0.717) is 16.5 Å². The zero-order chi connectivity index (χ0) is 19.5. The first kappa shape index (κ1) is 18.6. The van der Waals surface area contributed by atoms with Crippen LogP contribution in [0.2, 0.25) is 0 Å². The number of hydrogen-bond acceptors (Lipinski definition) is 4. The molecule has 0 aliphatic carbocycles. The number of rotatable bonds is 5. The Morgan fingerprint density at radius 3 is 2.79 bits per heavy atom. The third-order valence-corrected chi connectivity index (χ3v) is 5.49. The first-order valence-electron chi connectivity index (χ1n) is 9.02. The summed E-state index contributed by atoms with van der Waals surface area (Å²) in [7, 11) is 0. The minimum Gasteiger partial charge on any atom is -0.489 e. The Labute approximate surface area is 165 Å². The van der Waals surface area contributed by atoms with Crippen molar-refractivity contribution < 1.29 is 18.3 Å². The van der Waals surface area contributed by atoms with Crippen molar-refractivity contribution in [2.24, 2.45) is 0 Å². The van der Waals surface area contributed by atoms with Gasteiger partial charge >= 0.3 is 0 Å². The molecule has 0 atom stereocenters. The lowest BCUT2D eigenvalue weighted by molar-refractivity contribution is 0.0788. The predicted octanol–water partition coefficient (Wildman–Crippen LogP) is 4.90. The summed E-state index contributed by atoms with van der Waals surface area (Å²) in [5.41, 5.74) is 1.41. The van der Waals surface area contributed by atoms with Gasteiger partial charge in [0.2, 0.25) is 0 Å². The van der Waals surface area contributed by atoms with Crippen LogP contribution in [0.5, 0.6) is 5.75 Å². The number of amides is 1. The summed E-state index contributed by atoms with van der Waals surface area (Å²) >= 11 is 1.39. The Morgan fingerprint density at radius 2 is 1.96 bits per heavy atom. The van der Waals surface area contributed by atoms with Gasteiger partial charge in [-0.25, -0.2) is 13.8 Å². The van der Waals surface area contributed by atoms with Gasteiger partial charge in [-0.1, -0.05) is 12.1 Å². The van der Waals surface area contributed by atoms with Crippen molar-refractivity contribution in [3.05, 3.63) is 70.7 Å². The smallest absolute Gasteiger partial charge is 0.273 e. The fourth-order valence-electron chi connectivity index (χ4n) is 3.12. The summed E-state index contributed by atoms with van der Waals surface area (Å²) in [4.78, 5) is 18.8. The monoisotopic (exact) mass is 400 g/mol. The summed E-state index contributed by atoms with van der Waals surface area (Å²) in [6.45, 7) is 1.49. The number of ether oxygens (including phenoxy) is 1. The van der Waals surface area contributed by atoms with Gasteiger partial charge in [0.1, 0.15) is 34.7 Å². The minimum absolute atomic E-state index is 0.0333. The third-order valence-electron chi connectivity index (χ3n) is 4.60. The molecular formula is C21H18F2N2O2S. The molecule has 1 aliphatic rings. The van der Waals surface area contributed by atoms with E-state index < -0.39 is 11.6 Å². The van der Waals surface area contributed by atoms with Gasteiger partial charge in [0, 0.05) is 29.6 Å². The van der Waals surface area contributed by atoms with Gasteiger partial charge in [0.25, 0.3) is 5.91 Å². The number of benzene rings is 2. The second-order valence-corrected chi connectivity index (χ2v) is 7.45. The molecule has 2 aromatic carbocycles. The number of likely N-dealkylation sites (tertiary alicyclic amines) is 1. The van der Waals surface area contributed by atoms with E-state index in [4.69, 9.17) is 4.74 Å². The average molecular weight is 400 g/mol. The standard InChI is InChI=1S/C21H18F2N2O2S/c22-16-6-7-18(23)15(10-16)12-27-17-5-3-4-14(11-17)20-24-19(13-28-20)21(26)25-8-1-2-9-25/h3-7,10-11,13H,1-2,8-9,12H2. The van der Waals surface area contributed by atoms with Crippen LogP contribution in [0.4, 0.5) is 8.78 Å². The van der Waals surface area contributed by atoms with Crippen molar-refractivity contribution in [2.75, 3.05) is 13.1 Å². The van der Waals surface area contributed by atoms with Crippen LogP contribution in [0, 0.1) is 11.6 Å². The lowest BCUT2D eigenvalue weighted by Gasteiger charge is -2.12. The van der Waals surface area contributed by atoms with Crippen LogP contribution >= 0.6 is 11.3 Å². The predicted molar refractivity (Wildman–Crippen MR) is 103 cm³/mol. The van der Waals surface area contributed by atoms with Gasteiger partial charge in [0.15, 0.2) is 0 Å². The molecule has 0 radical (unpaired) electrons. The Kier molecular flexibility index (Phi) is 5.34. The average Bonchev–Trinajstić information content (AvgIpc) is 3.41. The van der Waals surface area contributed by atoms with Crippen LogP contribution in [0.1, 0.15) is 28.9 Å². The fraction of sp³-hybridized carbons (Fsp3) is 0.238. The molecule has 0 bridgehead atoms. The van der Waals surface area contributed by atoms with E-state index in [0.717, 1.165) is 49.7 Å². The Balaban J connectivity index is 1.48. The highest BCUT2D eigenvalue weighted by Crippen LogP contribution is 2.28. The lowest BCUT2D eigenvalue weighted by Crippen LogP contribution is -2.27. The largest absolute Gasteiger partial charge is 0.489 e. The second kappa shape index (κ2) is 8.06. The van der Waals surface area contributed by atoms with E-state index in [9.17, 15) is 13.6 Å². The second-order valence-electron chi connectivity index (χ2n) is 6.59. The molecule has 1 amide bonds. The number of halogens is 2. The maximum Gasteiger partial charge on any atom is 0.273 e. The summed E-state index contributed by atoms with van der Waals surface area (Å²) in [6, 6.07) is 10.5. The van der Waals surface area contributed by atoms with Gasteiger partial charge in [0.05, 0.1) is 0 Å². The lowest BCUT2D eigenvalue weighted by atomic mass is 10.2. The highest BCUT2D eigenvalue weighted by Gasteiger charge is 2.22. The molecule has 7 heteroatoms. The molecule has 1 saturated heterocycles. The number of hydrogen-bond donors (Lipinski definition) is 0. The molecule has 0 spiro atoms. The molecule has 0 saturated carbocycles. The molecule has 1 aliphatic heterocycles. The van der Waals surface area contributed by atoms with Gasteiger partial charge < -0.3 is 9.64 Å².